The molecule has 1 aromatic rings. The number of nitrogens with two attached hydrogens (primary N) is 1. The third kappa shape index (κ3) is 5.38. The topological polar surface area (TPSA) is 75.0 Å². The number of hydrogen-bond donors (Lipinski definition) is 2. The van der Waals surface area contributed by atoms with Crippen LogP contribution in [0.15, 0.2) is 10.9 Å². The van der Waals surface area contributed by atoms with Gasteiger partial charge in [-0.25, -0.2) is 4.98 Å². The molecule has 0 aliphatic carbocycles. The van der Waals surface area contributed by atoms with Crippen molar-refractivity contribution in [3.05, 3.63) is 22.2 Å². The summed E-state index contributed by atoms with van der Waals surface area (Å²) in [7, 11) is 0. The Morgan fingerprint density at radius 3 is 2.79 bits per heavy atom. The Morgan fingerprint density at radius 2 is 2.26 bits per heavy atom. The van der Waals surface area contributed by atoms with Crippen molar-refractivity contribution in [1.82, 2.24) is 9.97 Å². The maximum atomic E-state index is 11.6. The second-order valence-corrected chi connectivity index (χ2v) is 5.48. The third-order valence-electron chi connectivity index (χ3n) is 2.65. The molecule has 106 valence electrons. The van der Waals surface area contributed by atoms with Gasteiger partial charge in [-0.3, -0.25) is 4.79 Å². The zero-order chi connectivity index (χ0) is 14.4. The standard InChI is InChI=1S/C13H22N4OS/c1-4-11-15-12(7-13(18)16-11)17(8-9(2)3)6-5-10(14)19/h7,9H,4-6,8H2,1-3H3,(H2,14,19)(H,15,16,18). The predicted molar refractivity (Wildman–Crippen MR) is 82.7 cm³/mol. The fraction of sp³-hybridized carbons (Fsp3) is 0.615. The highest BCUT2D eigenvalue weighted by Gasteiger charge is 2.12. The van der Waals surface area contributed by atoms with Gasteiger partial charge in [0.1, 0.15) is 11.6 Å². The molecule has 3 N–H and O–H groups in total. The SMILES string of the molecule is CCc1nc(N(CCC(N)=S)CC(C)C)cc(=O)[nH]1. The fourth-order valence-corrected chi connectivity index (χ4v) is 1.90. The lowest BCUT2D eigenvalue weighted by Gasteiger charge is -2.25. The first-order valence-electron chi connectivity index (χ1n) is 6.55. The van der Waals surface area contributed by atoms with Crippen molar-refractivity contribution in [3.63, 3.8) is 0 Å². The van der Waals surface area contributed by atoms with Crippen molar-refractivity contribution in [2.75, 3.05) is 18.0 Å². The molecule has 0 radical (unpaired) electrons. The van der Waals surface area contributed by atoms with Gasteiger partial charge in [-0.1, -0.05) is 33.0 Å². The molecule has 1 rings (SSSR count). The molecule has 0 unspecified atom stereocenters. The summed E-state index contributed by atoms with van der Waals surface area (Å²) in [5.41, 5.74) is 5.43. The summed E-state index contributed by atoms with van der Waals surface area (Å²) in [4.78, 5) is 21.4. The quantitative estimate of drug-likeness (QED) is 0.741. The zero-order valence-electron chi connectivity index (χ0n) is 11.8. The first-order valence-corrected chi connectivity index (χ1v) is 6.96. The fourth-order valence-electron chi connectivity index (χ4n) is 1.81. The molecule has 0 bridgehead atoms. The van der Waals surface area contributed by atoms with Gasteiger partial charge >= 0.3 is 0 Å². The van der Waals surface area contributed by atoms with Crippen LogP contribution >= 0.6 is 12.2 Å². The third-order valence-corrected chi connectivity index (χ3v) is 2.85. The summed E-state index contributed by atoms with van der Waals surface area (Å²) >= 11 is 4.91. The first kappa shape index (κ1) is 15.6. The van der Waals surface area contributed by atoms with E-state index in [0.29, 0.717) is 41.9 Å². The van der Waals surface area contributed by atoms with Crippen LogP contribution in [0.1, 0.15) is 33.0 Å². The monoisotopic (exact) mass is 282 g/mol. The molecular formula is C13H22N4OS. The van der Waals surface area contributed by atoms with Gasteiger partial charge in [0.2, 0.25) is 0 Å². The lowest BCUT2D eigenvalue weighted by atomic mass is 10.2. The summed E-state index contributed by atoms with van der Waals surface area (Å²) < 4.78 is 0. The molecule has 0 aliphatic heterocycles. The van der Waals surface area contributed by atoms with E-state index in [9.17, 15) is 4.79 Å². The smallest absolute Gasteiger partial charge is 0.252 e. The number of anilines is 1. The van der Waals surface area contributed by atoms with Crippen LogP contribution in [0.3, 0.4) is 0 Å². The predicted octanol–water partition coefficient (Wildman–Crippen LogP) is 1.47. The van der Waals surface area contributed by atoms with E-state index >= 15 is 0 Å². The van der Waals surface area contributed by atoms with Crippen molar-refractivity contribution < 1.29 is 0 Å². The van der Waals surface area contributed by atoms with Gasteiger partial charge in [0.05, 0.1) is 4.99 Å². The Bertz CT molecular complexity index is 484. The van der Waals surface area contributed by atoms with Crippen molar-refractivity contribution in [2.45, 2.75) is 33.6 Å². The minimum atomic E-state index is -0.120. The van der Waals surface area contributed by atoms with Crippen LogP contribution in [0, 0.1) is 5.92 Å². The summed E-state index contributed by atoms with van der Waals surface area (Å²) in [6.45, 7) is 7.72. The molecule has 19 heavy (non-hydrogen) atoms. The molecule has 5 nitrogen and oxygen atoms in total. The molecule has 0 saturated heterocycles. The van der Waals surface area contributed by atoms with Crippen LogP contribution in [0.5, 0.6) is 0 Å². The maximum Gasteiger partial charge on any atom is 0.252 e. The van der Waals surface area contributed by atoms with Crippen molar-refractivity contribution >= 4 is 23.0 Å². The average molecular weight is 282 g/mol. The molecule has 6 heteroatoms. The van der Waals surface area contributed by atoms with E-state index in [1.165, 1.54) is 6.07 Å². The molecule has 0 aliphatic rings. The number of aromatic nitrogens is 2. The molecule has 0 fully saturated rings. The number of rotatable bonds is 7. The summed E-state index contributed by atoms with van der Waals surface area (Å²) in [6.07, 6.45) is 1.33. The molecular weight excluding hydrogens is 260 g/mol. The van der Waals surface area contributed by atoms with E-state index in [1.54, 1.807) is 0 Å². The van der Waals surface area contributed by atoms with Crippen LogP contribution < -0.4 is 16.2 Å². The number of H-pyrrole nitrogens is 1. The number of aryl methyl sites for hydroxylation is 1. The van der Waals surface area contributed by atoms with Gasteiger partial charge in [0, 0.05) is 32.0 Å². The second-order valence-electron chi connectivity index (χ2n) is 4.96. The zero-order valence-corrected chi connectivity index (χ0v) is 12.6. The highest BCUT2D eigenvalue weighted by atomic mass is 32.1. The van der Waals surface area contributed by atoms with Gasteiger partial charge in [-0.15, -0.1) is 0 Å². The lowest BCUT2D eigenvalue weighted by molar-refractivity contribution is 0.607. The van der Waals surface area contributed by atoms with Crippen LogP contribution in [-0.4, -0.2) is 28.0 Å². The van der Waals surface area contributed by atoms with Crippen molar-refractivity contribution in [3.8, 4) is 0 Å². The number of nitrogens with zero attached hydrogens (tertiary/aromatic N) is 2. The van der Waals surface area contributed by atoms with Gasteiger partial charge in [-0.2, -0.15) is 0 Å². The highest BCUT2D eigenvalue weighted by molar-refractivity contribution is 7.80. The van der Waals surface area contributed by atoms with Gasteiger partial charge < -0.3 is 15.6 Å². The van der Waals surface area contributed by atoms with Crippen LogP contribution in [0.2, 0.25) is 0 Å². The number of thiocarbonyl (C=S) groups is 1. The van der Waals surface area contributed by atoms with E-state index in [0.717, 1.165) is 6.54 Å². The summed E-state index contributed by atoms with van der Waals surface area (Å²) in [5, 5.41) is 0. The number of hydrogen-bond acceptors (Lipinski definition) is 4. The van der Waals surface area contributed by atoms with Gasteiger partial charge in [0.25, 0.3) is 5.56 Å². The highest BCUT2D eigenvalue weighted by Crippen LogP contribution is 2.11. The molecule has 0 spiro atoms. The normalized spacial score (nSPS) is 10.7. The molecule has 1 aromatic heterocycles. The average Bonchev–Trinajstić information content (AvgIpc) is 2.32. The Morgan fingerprint density at radius 1 is 1.58 bits per heavy atom. The van der Waals surface area contributed by atoms with E-state index in [4.69, 9.17) is 18.0 Å². The number of aromatic amines is 1. The minimum absolute atomic E-state index is 0.120. The van der Waals surface area contributed by atoms with Crippen LogP contribution in [-0.2, 0) is 6.42 Å². The Kier molecular flexibility index (Phi) is 5.95. The van der Waals surface area contributed by atoms with E-state index < -0.39 is 0 Å². The lowest BCUT2D eigenvalue weighted by Crippen LogP contribution is -2.33. The van der Waals surface area contributed by atoms with Gasteiger partial charge in [-0.05, 0) is 5.92 Å². The molecule has 0 saturated carbocycles. The number of nitrogens with one attached hydrogen (secondary N) is 1. The largest absolute Gasteiger partial charge is 0.393 e. The first-order chi connectivity index (χ1) is 8.92. The molecule has 0 amide bonds. The molecule has 0 atom stereocenters. The Labute approximate surface area is 119 Å². The van der Waals surface area contributed by atoms with Crippen LogP contribution in [0.4, 0.5) is 5.82 Å². The molecule has 1 heterocycles. The Balaban J connectivity index is 2.98. The Hall–Kier alpha value is -1.43. The van der Waals surface area contributed by atoms with E-state index in [-0.39, 0.29) is 5.56 Å². The van der Waals surface area contributed by atoms with E-state index in [2.05, 4.69) is 28.7 Å². The van der Waals surface area contributed by atoms with Crippen LogP contribution in [0.25, 0.3) is 0 Å². The minimum Gasteiger partial charge on any atom is -0.393 e. The van der Waals surface area contributed by atoms with Gasteiger partial charge in [0.15, 0.2) is 0 Å². The maximum absolute atomic E-state index is 11.6. The van der Waals surface area contributed by atoms with Crippen molar-refractivity contribution in [2.24, 2.45) is 11.7 Å². The van der Waals surface area contributed by atoms with E-state index in [1.807, 2.05) is 6.92 Å². The van der Waals surface area contributed by atoms with Crippen molar-refractivity contribution in [1.29, 1.82) is 0 Å². The second kappa shape index (κ2) is 7.23. The summed E-state index contributed by atoms with van der Waals surface area (Å²) in [5.74, 6) is 1.87. The summed E-state index contributed by atoms with van der Waals surface area (Å²) in [6, 6.07) is 1.53. The molecule has 0 aromatic carbocycles.